The predicted octanol–water partition coefficient (Wildman–Crippen LogP) is 4.62. The number of halogens is 3. The zero-order valence-corrected chi connectivity index (χ0v) is 20.7. The number of ether oxygens (including phenoxy) is 1. The van der Waals surface area contributed by atoms with E-state index < -0.39 is 23.2 Å². The Labute approximate surface area is 208 Å². The summed E-state index contributed by atoms with van der Waals surface area (Å²) in [5, 5.41) is 8.35. The van der Waals surface area contributed by atoms with Gasteiger partial charge in [0.1, 0.15) is 21.7 Å². The van der Waals surface area contributed by atoms with Crippen molar-refractivity contribution in [1.82, 2.24) is 29.9 Å². The van der Waals surface area contributed by atoms with E-state index in [1.807, 2.05) is 13.8 Å². The lowest BCUT2D eigenvalue weighted by Gasteiger charge is -2.31. The van der Waals surface area contributed by atoms with Gasteiger partial charge in [0.25, 0.3) is 0 Å². The molecule has 1 aliphatic carbocycles. The van der Waals surface area contributed by atoms with E-state index >= 15 is 0 Å². The number of carbonyl (C=O) groups excluding carboxylic acids is 1. The van der Waals surface area contributed by atoms with Gasteiger partial charge >= 0.3 is 6.18 Å². The number of aromatic nitrogens is 6. The molecule has 1 unspecified atom stereocenters. The van der Waals surface area contributed by atoms with Crippen LogP contribution in [0.3, 0.4) is 0 Å². The second-order valence-electron chi connectivity index (χ2n) is 9.05. The molecule has 0 spiro atoms. The number of methoxy groups -OCH3 is 1. The zero-order valence-electron chi connectivity index (χ0n) is 19.8. The highest BCUT2D eigenvalue weighted by Crippen LogP contribution is 2.50. The lowest BCUT2D eigenvalue weighted by atomic mass is 9.85. The van der Waals surface area contributed by atoms with Gasteiger partial charge in [0.15, 0.2) is 5.82 Å². The molecule has 12 heteroatoms. The molecule has 1 saturated carbocycles. The number of ketones is 1. The molecule has 36 heavy (non-hydrogen) atoms. The molecule has 5 rings (SSSR count). The van der Waals surface area contributed by atoms with Crippen molar-refractivity contribution in [2.75, 3.05) is 7.11 Å². The van der Waals surface area contributed by atoms with Gasteiger partial charge in [0.05, 0.1) is 23.0 Å². The lowest BCUT2D eigenvalue weighted by molar-refractivity contribution is -0.138. The van der Waals surface area contributed by atoms with Crippen LogP contribution < -0.4 is 0 Å². The van der Waals surface area contributed by atoms with Gasteiger partial charge < -0.3 is 4.74 Å². The van der Waals surface area contributed by atoms with E-state index in [1.165, 1.54) is 29.9 Å². The predicted molar refractivity (Wildman–Crippen MR) is 126 cm³/mol. The molecule has 1 aliphatic rings. The molecular formula is C24H23F3N6O2S. The summed E-state index contributed by atoms with van der Waals surface area (Å²) in [4.78, 5) is 27.8. The topological polar surface area (TPSA) is 95.7 Å². The molecule has 8 nitrogen and oxygen atoms in total. The highest BCUT2D eigenvalue weighted by molar-refractivity contribution is 7.18. The first-order valence-corrected chi connectivity index (χ1v) is 12.2. The first-order valence-electron chi connectivity index (χ1n) is 11.3. The average molecular weight is 517 g/mol. The van der Waals surface area contributed by atoms with Gasteiger partial charge in [-0.15, -0.1) is 4.80 Å². The van der Waals surface area contributed by atoms with Crippen LogP contribution in [-0.4, -0.2) is 42.8 Å². The molecule has 0 N–H and O–H groups in total. The third kappa shape index (κ3) is 4.50. The summed E-state index contributed by atoms with van der Waals surface area (Å²) in [6.07, 6.45) is 2.54. The SMILES string of the molecule is COC(C)(c1c(CC(=O)Cc2cnc(-n3nccn3)c(C(F)(F)F)c2)cnc2sc(C)nc12)C1CC1. The fraction of sp³-hybridized carbons (Fsp3) is 0.417. The number of alkyl halides is 3. The number of rotatable bonds is 8. The van der Waals surface area contributed by atoms with Crippen molar-refractivity contribution >= 4 is 27.5 Å². The van der Waals surface area contributed by atoms with Gasteiger partial charge in [-0.25, -0.2) is 15.0 Å². The van der Waals surface area contributed by atoms with E-state index in [0.29, 0.717) is 11.5 Å². The van der Waals surface area contributed by atoms with Crippen molar-refractivity contribution in [3.05, 3.63) is 58.1 Å². The zero-order chi connectivity index (χ0) is 25.7. The van der Waals surface area contributed by atoms with Gasteiger partial charge in [-0.3, -0.25) is 4.79 Å². The maximum absolute atomic E-state index is 13.7. The second-order valence-corrected chi connectivity index (χ2v) is 10.2. The minimum Gasteiger partial charge on any atom is -0.373 e. The van der Waals surface area contributed by atoms with Gasteiger partial charge in [-0.1, -0.05) is 11.3 Å². The maximum Gasteiger partial charge on any atom is 0.420 e. The summed E-state index contributed by atoms with van der Waals surface area (Å²) in [7, 11) is 1.65. The fourth-order valence-corrected chi connectivity index (χ4v) is 5.37. The molecular weight excluding hydrogens is 493 g/mol. The number of Topliss-reactive ketones (excluding diaryl/α,β-unsaturated/α-hetero) is 1. The summed E-state index contributed by atoms with van der Waals surface area (Å²) < 4.78 is 47.2. The van der Waals surface area contributed by atoms with Crippen molar-refractivity contribution in [2.24, 2.45) is 5.92 Å². The Kier molecular flexibility index (Phi) is 6.11. The number of nitrogens with zero attached hydrogens (tertiary/aromatic N) is 6. The first kappa shape index (κ1) is 24.4. The quantitative estimate of drug-likeness (QED) is 0.337. The van der Waals surface area contributed by atoms with Crippen LogP contribution in [-0.2, 0) is 34.2 Å². The number of pyridine rings is 2. The molecule has 0 radical (unpaired) electrons. The minimum atomic E-state index is -4.69. The Bertz CT molecular complexity index is 1430. The third-order valence-corrected chi connectivity index (χ3v) is 7.39. The number of aryl methyl sites for hydroxylation is 1. The molecule has 4 aromatic heterocycles. The molecule has 4 aromatic rings. The van der Waals surface area contributed by atoms with Crippen LogP contribution in [0.25, 0.3) is 16.2 Å². The first-order chi connectivity index (χ1) is 17.1. The Morgan fingerprint density at radius 1 is 1.17 bits per heavy atom. The van der Waals surface area contributed by atoms with Crippen LogP contribution in [0.15, 0.2) is 30.9 Å². The van der Waals surface area contributed by atoms with Gasteiger partial charge in [0, 0.05) is 37.9 Å². The Balaban J connectivity index is 1.47. The third-order valence-electron chi connectivity index (χ3n) is 6.51. The van der Waals surface area contributed by atoms with E-state index in [9.17, 15) is 18.0 Å². The van der Waals surface area contributed by atoms with E-state index in [-0.39, 0.29) is 24.2 Å². The normalized spacial score (nSPS) is 15.8. The monoisotopic (exact) mass is 516 g/mol. The molecule has 188 valence electrons. The number of hydrogen-bond donors (Lipinski definition) is 0. The molecule has 4 heterocycles. The van der Waals surface area contributed by atoms with Crippen molar-refractivity contribution in [1.29, 1.82) is 0 Å². The molecule has 0 aromatic carbocycles. The average Bonchev–Trinajstić information content (AvgIpc) is 3.41. The van der Waals surface area contributed by atoms with Crippen LogP contribution >= 0.6 is 11.3 Å². The summed E-state index contributed by atoms with van der Waals surface area (Å²) >= 11 is 1.47. The number of hydrogen-bond acceptors (Lipinski definition) is 8. The van der Waals surface area contributed by atoms with Crippen molar-refractivity contribution in [2.45, 2.75) is 51.3 Å². The van der Waals surface area contributed by atoms with Gasteiger partial charge in [-0.05, 0) is 49.8 Å². The van der Waals surface area contributed by atoms with Crippen LogP contribution in [0.2, 0.25) is 0 Å². The molecule has 0 amide bonds. The van der Waals surface area contributed by atoms with E-state index in [2.05, 4.69) is 25.1 Å². The van der Waals surface area contributed by atoms with Crippen molar-refractivity contribution in [3.63, 3.8) is 0 Å². The largest absolute Gasteiger partial charge is 0.420 e. The molecule has 1 fully saturated rings. The van der Waals surface area contributed by atoms with Crippen LogP contribution in [0.4, 0.5) is 13.2 Å². The van der Waals surface area contributed by atoms with Crippen molar-refractivity contribution in [3.8, 4) is 5.82 Å². The lowest BCUT2D eigenvalue weighted by Crippen LogP contribution is -2.30. The van der Waals surface area contributed by atoms with E-state index in [0.717, 1.165) is 44.6 Å². The highest BCUT2D eigenvalue weighted by atomic mass is 32.1. The van der Waals surface area contributed by atoms with Gasteiger partial charge in [-0.2, -0.15) is 23.4 Å². The van der Waals surface area contributed by atoms with Gasteiger partial charge in [0.2, 0.25) is 0 Å². The van der Waals surface area contributed by atoms with Crippen LogP contribution in [0.1, 0.15) is 47.0 Å². The highest BCUT2D eigenvalue weighted by Gasteiger charge is 2.46. The summed E-state index contributed by atoms with van der Waals surface area (Å²) in [6.45, 7) is 3.90. The summed E-state index contributed by atoms with van der Waals surface area (Å²) in [6, 6.07) is 0.930. The van der Waals surface area contributed by atoms with Crippen molar-refractivity contribution < 1.29 is 22.7 Å². The number of carbonyl (C=O) groups is 1. The van der Waals surface area contributed by atoms with E-state index in [1.54, 1.807) is 13.3 Å². The second kappa shape index (κ2) is 9.00. The molecule has 0 bridgehead atoms. The maximum atomic E-state index is 13.7. The molecule has 1 atom stereocenters. The van der Waals surface area contributed by atoms with E-state index in [4.69, 9.17) is 4.74 Å². The minimum absolute atomic E-state index is 0.00959. The smallest absolute Gasteiger partial charge is 0.373 e. The Hall–Kier alpha value is -3.25. The number of thiazole rings is 1. The van der Waals surface area contributed by atoms with Crippen LogP contribution in [0, 0.1) is 12.8 Å². The van der Waals surface area contributed by atoms with Crippen LogP contribution in [0.5, 0.6) is 0 Å². The summed E-state index contributed by atoms with van der Waals surface area (Å²) in [5.74, 6) is -0.413. The Morgan fingerprint density at radius 2 is 1.89 bits per heavy atom. The summed E-state index contributed by atoms with van der Waals surface area (Å²) in [5.41, 5.74) is 0.739. The molecule has 0 aliphatic heterocycles. The molecule has 0 saturated heterocycles. The Morgan fingerprint density at radius 3 is 2.53 bits per heavy atom. The fourth-order valence-electron chi connectivity index (χ4n) is 4.61. The number of fused-ring (bicyclic) bond motifs is 1. The standard InChI is InChI=1S/C24H23F3N6O2S/c1-13-32-20-19(23(2,35-3)16-4-5-16)15(12-29-22(20)36-13)10-17(34)8-14-9-18(24(25,26)27)21(28-11-14)33-30-6-7-31-33/h6-7,9,11-12,16H,4-5,8,10H2,1-3H3.